The predicted molar refractivity (Wildman–Crippen MR) is 118 cm³/mol. The molecule has 1 aliphatic carbocycles. The maximum Gasteiger partial charge on any atom is 0.218 e. The molecule has 1 unspecified atom stereocenters. The summed E-state index contributed by atoms with van der Waals surface area (Å²) in [5, 5.41) is 0.707. The van der Waals surface area contributed by atoms with Crippen molar-refractivity contribution in [1.29, 1.82) is 0 Å². The van der Waals surface area contributed by atoms with Crippen LogP contribution in [-0.2, 0) is 17.6 Å². The van der Waals surface area contributed by atoms with E-state index in [1.165, 1.54) is 31.0 Å². The number of nitrogens with two attached hydrogens (primary N) is 1. The van der Waals surface area contributed by atoms with Gasteiger partial charge in [-0.3, -0.25) is 9.78 Å². The number of hydrogen-bond donors (Lipinski definition) is 1. The number of aromatic nitrogens is 1. The number of rotatable bonds is 8. The number of amides is 1. The maximum absolute atomic E-state index is 14.2. The molecule has 1 saturated carbocycles. The van der Waals surface area contributed by atoms with Gasteiger partial charge in [-0.05, 0) is 67.5 Å². The third-order valence-electron chi connectivity index (χ3n) is 5.73. The molecule has 4 rings (SSSR count). The van der Waals surface area contributed by atoms with Gasteiger partial charge in [-0.1, -0.05) is 35.9 Å². The van der Waals surface area contributed by atoms with E-state index in [4.69, 9.17) is 22.3 Å². The summed E-state index contributed by atoms with van der Waals surface area (Å²) in [6.45, 7) is 0. The second kappa shape index (κ2) is 9.15. The fraction of sp³-hybridized carbons (Fsp3) is 0.280. The third kappa shape index (κ3) is 5.10. The Morgan fingerprint density at radius 3 is 2.39 bits per heavy atom. The van der Waals surface area contributed by atoms with Crippen LogP contribution in [-0.4, -0.2) is 10.9 Å². The van der Waals surface area contributed by atoms with Crippen molar-refractivity contribution in [3.05, 3.63) is 88.1 Å². The Morgan fingerprint density at radius 2 is 1.71 bits per heavy atom. The first kappa shape index (κ1) is 21.4. The van der Waals surface area contributed by atoms with Gasteiger partial charge in [0.25, 0.3) is 0 Å². The number of halogens is 3. The van der Waals surface area contributed by atoms with E-state index >= 15 is 0 Å². The van der Waals surface area contributed by atoms with Crippen LogP contribution >= 0.6 is 11.6 Å². The number of benzene rings is 2. The minimum Gasteiger partial charge on any atom is -0.370 e. The average Bonchev–Trinajstić information content (AvgIpc) is 3.55. The second-order valence-corrected chi connectivity index (χ2v) is 8.54. The molecular formula is C25H23ClF2N2O. The van der Waals surface area contributed by atoms with Gasteiger partial charge in [0, 0.05) is 34.2 Å². The largest absolute Gasteiger partial charge is 0.370 e. The zero-order chi connectivity index (χ0) is 22.0. The number of carbonyl (C=O) groups is 1. The molecule has 1 aromatic heterocycles. The standard InChI is InChI=1S/C25H23ClF2N2O/c26-20-5-1-4-17(18(20)12-15-10-11-15)24-9-3-8-23(30-24)16(14-25(29)31)13-19-21(27)6-2-7-22(19)28/h1-9,15-16H,10-14H2,(H2,29,31). The van der Waals surface area contributed by atoms with Gasteiger partial charge in [0.2, 0.25) is 5.91 Å². The molecule has 6 heteroatoms. The first-order valence-corrected chi connectivity index (χ1v) is 10.8. The van der Waals surface area contributed by atoms with E-state index in [-0.39, 0.29) is 18.4 Å². The van der Waals surface area contributed by atoms with E-state index in [1.807, 2.05) is 30.3 Å². The molecule has 0 bridgehead atoms. The lowest BCUT2D eigenvalue weighted by Crippen LogP contribution is -2.18. The molecular weight excluding hydrogens is 418 g/mol. The summed E-state index contributed by atoms with van der Waals surface area (Å²) in [4.78, 5) is 16.5. The molecule has 1 atom stereocenters. The average molecular weight is 441 g/mol. The Hall–Kier alpha value is -2.79. The van der Waals surface area contributed by atoms with Gasteiger partial charge in [-0.2, -0.15) is 0 Å². The molecule has 0 radical (unpaired) electrons. The summed E-state index contributed by atoms with van der Waals surface area (Å²) in [5.74, 6) is -1.74. The van der Waals surface area contributed by atoms with Gasteiger partial charge in [-0.15, -0.1) is 0 Å². The van der Waals surface area contributed by atoms with Crippen molar-refractivity contribution in [1.82, 2.24) is 4.98 Å². The maximum atomic E-state index is 14.2. The third-order valence-corrected chi connectivity index (χ3v) is 6.09. The number of pyridine rings is 1. The summed E-state index contributed by atoms with van der Waals surface area (Å²) in [6.07, 6.45) is 3.23. The Kier molecular flexibility index (Phi) is 6.33. The Bertz CT molecular complexity index is 1090. The summed E-state index contributed by atoms with van der Waals surface area (Å²) in [7, 11) is 0. The molecule has 3 aromatic rings. The van der Waals surface area contributed by atoms with Crippen molar-refractivity contribution in [3.8, 4) is 11.3 Å². The topological polar surface area (TPSA) is 56.0 Å². The summed E-state index contributed by atoms with van der Waals surface area (Å²) in [5.41, 5.74) is 8.66. The van der Waals surface area contributed by atoms with Gasteiger partial charge in [0.1, 0.15) is 11.6 Å². The first-order valence-electron chi connectivity index (χ1n) is 10.4. The zero-order valence-corrected chi connectivity index (χ0v) is 17.7. The molecule has 160 valence electrons. The molecule has 2 N–H and O–H groups in total. The second-order valence-electron chi connectivity index (χ2n) is 8.13. The van der Waals surface area contributed by atoms with Crippen LogP contribution < -0.4 is 5.73 Å². The van der Waals surface area contributed by atoms with Crippen LogP contribution in [0.15, 0.2) is 54.6 Å². The van der Waals surface area contributed by atoms with Gasteiger partial charge in [0.15, 0.2) is 0 Å². The summed E-state index contributed by atoms with van der Waals surface area (Å²) >= 11 is 6.49. The van der Waals surface area contributed by atoms with E-state index in [9.17, 15) is 13.6 Å². The summed E-state index contributed by atoms with van der Waals surface area (Å²) in [6, 6.07) is 15.0. The Labute approximate surface area is 185 Å². The highest BCUT2D eigenvalue weighted by atomic mass is 35.5. The van der Waals surface area contributed by atoms with Gasteiger partial charge >= 0.3 is 0 Å². The fourth-order valence-corrected chi connectivity index (χ4v) is 4.20. The lowest BCUT2D eigenvalue weighted by Gasteiger charge is -2.18. The van der Waals surface area contributed by atoms with Gasteiger partial charge in [-0.25, -0.2) is 8.78 Å². The first-order chi connectivity index (χ1) is 14.9. The van der Waals surface area contributed by atoms with Crippen LogP contribution in [0.4, 0.5) is 8.78 Å². The van der Waals surface area contributed by atoms with Crippen LogP contribution in [0.5, 0.6) is 0 Å². The highest BCUT2D eigenvalue weighted by Crippen LogP contribution is 2.38. The quantitative estimate of drug-likeness (QED) is 0.478. The van der Waals surface area contributed by atoms with E-state index in [2.05, 4.69) is 0 Å². The van der Waals surface area contributed by atoms with Crippen molar-refractivity contribution in [3.63, 3.8) is 0 Å². The normalized spacial score (nSPS) is 14.4. The smallest absolute Gasteiger partial charge is 0.218 e. The molecule has 1 fully saturated rings. The lowest BCUT2D eigenvalue weighted by molar-refractivity contribution is -0.118. The number of hydrogen-bond acceptors (Lipinski definition) is 2. The fourth-order valence-electron chi connectivity index (χ4n) is 3.94. The molecule has 31 heavy (non-hydrogen) atoms. The van der Waals surface area contributed by atoms with E-state index < -0.39 is 23.5 Å². The molecule has 1 heterocycles. The van der Waals surface area contributed by atoms with Crippen molar-refractivity contribution in [2.24, 2.45) is 11.7 Å². The van der Waals surface area contributed by atoms with Crippen LogP contribution in [0, 0.1) is 17.6 Å². The molecule has 0 saturated heterocycles. The molecule has 3 nitrogen and oxygen atoms in total. The number of nitrogens with zero attached hydrogens (tertiary/aromatic N) is 1. The molecule has 1 amide bonds. The SMILES string of the molecule is NC(=O)CC(Cc1c(F)cccc1F)c1cccc(-c2cccc(Cl)c2CC2CC2)n1. The Morgan fingerprint density at radius 1 is 1.03 bits per heavy atom. The van der Waals surface area contributed by atoms with Crippen molar-refractivity contribution in [2.75, 3.05) is 0 Å². The molecule has 1 aliphatic rings. The summed E-state index contributed by atoms with van der Waals surface area (Å²) < 4.78 is 28.5. The van der Waals surface area contributed by atoms with Gasteiger partial charge in [0.05, 0.1) is 5.69 Å². The number of primary amides is 1. The van der Waals surface area contributed by atoms with Gasteiger partial charge < -0.3 is 5.73 Å². The molecule has 0 aliphatic heterocycles. The Balaban J connectivity index is 1.71. The highest BCUT2D eigenvalue weighted by Gasteiger charge is 2.25. The highest BCUT2D eigenvalue weighted by molar-refractivity contribution is 6.31. The zero-order valence-electron chi connectivity index (χ0n) is 17.0. The minimum absolute atomic E-state index is 0.0115. The monoisotopic (exact) mass is 440 g/mol. The van der Waals surface area contributed by atoms with Crippen LogP contribution in [0.2, 0.25) is 5.02 Å². The minimum atomic E-state index is -0.646. The van der Waals surface area contributed by atoms with E-state index in [1.54, 1.807) is 6.07 Å². The molecule has 2 aromatic carbocycles. The lowest BCUT2D eigenvalue weighted by atomic mass is 9.91. The van der Waals surface area contributed by atoms with Crippen molar-refractivity contribution >= 4 is 17.5 Å². The van der Waals surface area contributed by atoms with Crippen LogP contribution in [0.1, 0.15) is 42.0 Å². The molecule has 0 spiro atoms. The van der Waals surface area contributed by atoms with E-state index in [0.717, 1.165) is 23.2 Å². The number of carbonyl (C=O) groups excluding carboxylic acids is 1. The van der Waals surface area contributed by atoms with Crippen molar-refractivity contribution < 1.29 is 13.6 Å². The van der Waals surface area contributed by atoms with Crippen molar-refractivity contribution in [2.45, 2.75) is 38.0 Å². The van der Waals surface area contributed by atoms with Crippen LogP contribution in [0.25, 0.3) is 11.3 Å². The van der Waals surface area contributed by atoms with Crippen LogP contribution in [0.3, 0.4) is 0 Å². The predicted octanol–water partition coefficient (Wildman–Crippen LogP) is 5.83. The van der Waals surface area contributed by atoms with E-state index in [0.29, 0.717) is 16.6 Å².